The van der Waals surface area contributed by atoms with Gasteiger partial charge < -0.3 is 4.74 Å². The predicted octanol–water partition coefficient (Wildman–Crippen LogP) is 6.66. The molecule has 0 fully saturated rings. The SMILES string of the molecule is C=CCOc1ccc(CCc2ccc3c(F)c(CCc4cc(F)c(C#N)c(F)c4)ccc3c2)nc1. The first-order chi connectivity index (χ1) is 17.0. The third-order valence-electron chi connectivity index (χ3n) is 5.83. The van der Waals surface area contributed by atoms with Crippen LogP contribution in [0.5, 0.6) is 5.75 Å². The molecular formula is C29H23F3N2O. The van der Waals surface area contributed by atoms with E-state index in [1.54, 1.807) is 24.4 Å². The number of halogens is 3. The largest absolute Gasteiger partial charge is 0.488 e. The van der Waals surface area contributed by atoms with Gasteiger partial charge in [0.05, 0.1) is 6.20 Å². The lowest BCUT2D eigenvalue weighted by atomic mass is 9.97. The van der Waals surface area contributed by atoms with Gasteiger partial charge in [0.15, 0.2) is 0 Å². The van der Waals surface area contributed by atoms with Crippen molar-refractivity contribution in [3.63, 3.8) is 0 Å². The summed E-state index contributed by atoms with van der Waals surface area (Å²) in [6, 6.07) is 16.8. The Bertz CT molecular complexity index is 1390. The van der Waals surface area contributed by atoms with Crippen molar-refractivity contribution in [1.82, 2.24) is 4.98 Å². The van der Waals surface area contributed by atoms with Crippen molar-refractivity contribution in [3.8, 4) is 11.8 Å². The molecule has 6 heteroatoms. The average molecular weight is 473 g/mol. The maximum atomic E-state index is 15.1. The topological polar surface area (TPSA) is 45.9 Å². The van der Waals surface area contributed by atoms with Gasteiger partial charge in [0, 0.05) is 11.1 Å². The molecule has 0 saturated heterocycles. The van der Waals surface area contributed by atoms with Crippen LogP contribution in [-0.2, 0) is 25.7 Å². The highest BCUT2D eigenvalue weighted by Crippen LogP contribution is 2.25. The van der Waals surface area contributed by atoms with Crippen LogP contribution in [0.4, 0.5) is 13.2 Å². The fourth-order valence-electron chi connectivity index (χ4n) is 3.96. The van der Waals surface area contributed by atoms with Crippen LogP contribution in [0.15, 0.2) is 73.4 Å². The molecule has 3 nitrogen and oxygen atoms in total. The Balaban J connectivity index is 1.43. The number of hydrogen-bond donors (Lipinski definition) is 0. The van der Waals surface area contributed by atoms with Crippen LogP contribution in [0.3, 0.4) is 0 Å². The highest BCUT2D eigenvalue weighted by Gasteiger charge is 2.13. The first kappa shape index (κ1) is 24.0. The molecule has 176 valence electrons. The van der Waals surface area contributed by atoms with Crippen LogP contribution in [0.2, 0.25) is 0 Å². The van der Waals surface area contributed by atoms with E-state index in [2.05, 4.69) is 11.6 Å². The summed E-state index contributed by atoms with van der Waals surface area (Å²) in [5.41, 5.74) is 2.25. The van der Waals surface area contributed by atoms with Gasteiger partial charge in [0.2, 0.25) is 0 Å². The molecule has 0 spiro atoms. The van der Waals surface area contributed by atoms with Crippen LogP contribution < -0.4 is 4.74 Å². The van der Waals surface area contributed by atoms with Crippen molar-refractivity contribution in [1.29, 1.82) is 5.26 Å². The Morgan fingerprint density at radius 2 is 1.66 bits per heavy atom. The molecule has 3 aromatic carbocycles. The summed E-state index contributed by atoms with van der Waals surface area (Å²) in [4.78, 5) is 4.42. The molecule has 0 aliphatic rings. The number of aryl methyl sites for hydroxylation is 4. The molecule has 35 heavy (non-hydrogen) atoms. The predicted molar refractivity (Wildman–Crippen MR) is 130 cm³/mol. The first-order valence-electron chi connectivity index (χ1n) is 11.2. The minimum absolute atomic E-state index is 0.254. The van der Waals surface area contributed by atoms with E-state index in [9.17, 15) is 8.78 Å². The average Bonchev–Trinajstić information content (AvgIpc) is 2.86. The second-order valence-corrected chi connectivity index (χ2v) is 8.23. The minimum atomic E-state index is -0.902. The molecule has 4 rings (SSSR count). The van der Waals surface area contributed by atoms with Crippen molar-refractivity contribution in [2.24, 2.45) is 0 Å². The monoisotopic (exact) mass is 472 g/mol. The fraction of sp³-hybridized carbons (Fsp3) is 0.172. The number of nitrogens with zero attached hydrogens (tertiary/aromatic N) is 2. The zero-order valence-electron chi connectivity index (χ0n) is 19.0. The van der Waals surface area contributed by atoms with E-state index in [4.69, 9.17) is 10.00 Å². The molecule has 0 bridgehead atoms. The number of hydrogen-bond acceptors (Lipinski definition) is 3. The summed E-state index contributed by atoms with van der Waals surface area (Å²) in [6.45, 7) is 4.05. The van der Waals surface area contributed by atoms with Crippen LogP contribution >= 0.6 is 0 Å². The Hall–Kier alpha value is -4.11. The molecule has 4 aromatic rings. The molecular weight excluding hydrogens is 449 g/mol. The minimum Gasteiger partial charge on any atom is -0.488 e. The summed E-state index contributed by atoms with van der Waals surface area (Å²) in [5, 5.41) is 10.1. The number of aromatic nitrogens is 1. The van der Waals surface area contributed by atoms with E-state index in [0.717, 1.165) is 41.6 Å². The van der Waals surface area contributed by atoms with E-state index >= 15 is 4.39 Å². The lowest BCUT2D eigenvalue weighted by Crippen LogP contribution is -2.00. The number of benzene rings is 3. The second-order valence-electron chi connectivity index (χ2n) is 8.23. The highest BCUT2D eigenvalue weighted by atomic mass is 19.1. The summed E-state index contributed by atoms with van der Waals surface area (Å²) in [5.74, 6) is -1.44. The Kier molecular flexibility index (Phi) is 7.47. The molecule has 0 unspecified atom stereocenters. The smallest absolute Gasteiger partial charge is 0.144 e. The van der Waals surface area contributed by atoms with Gasteiger partial charge in [-0.2, -0.15) is 5.26 Å². The van der Waals surface area contributed by atoms with Crippen LogP contribution in [0.1, 0.15) is 27.9 Å². The number of pyridine rings is 1. The van der Waals surface area contributed by atoms with E-state index in [1.165, 1.54) is 6.07 Å². The highest BCUT2D eigenvalue weighted by molar-refractivity contribution is 5.84. The van der Waals surface area contributed by atoms with Crippen LogP contribution in [0, 0.1) is 28.8 Å². The molecule has 0 saturated carbocycles. The Labute approximate surface area is 202 Å². The molecule has 0 aliphatic carbocycles. The van der Waals surface area contributed by atoms with Gasteiger partial charge in [-0.3, -0.25) is 4.98 Å². The fourth-order valence-corrected chi connectivity index (χ4v) is 3.96. The van der Waals surface area contributed by atoms with Gasteiger partial charge in [-0.1, -0.05) is 43.0 Å². The third kappa shape index (κ3) is 5.70. The van der Waals surface area contributed by atoms with Gasteiger partial charge in [-0.25, -0.2) is 13.2 Å². The quantitative estimate of drug-likeness (QED) is 0.256. The third-order valence-corrected chi connectivity index (χ3v) is 5.83. The van der Waals surface area contributed by atoms with Crippen molar-refractivity contribution >= 4 is 10.8 Å². The van der Waals surface area contributed by atoms with Gasteiger partial charge in [0.25, 0.3) is 0 Å². The van der Waals surface area contributed by atoms with Crippen LogP contribution in [-0.4, -0.2) is 11.6 Å². The van der Waals surface area contributed by atoms with Gasteiger partial charge in [-0.05, 0) is 72.0 Å². The lowest BCUT2D eigenvalue weighted by Gasteiger charge is -2.10. The van der Waals surface area contributed by atoms with E-state index in [1.807, 2.05) is 30.3 Å². The first-order valence-corrected chi connectivity index (χ1v) is 11.2. The molecule has 0 N–H and O–H groups in total. The summed E-state index contributed by atoms with van der Waals surface area (Å²) in [6.07, 6.45) is 5.41. The van der Waals surface area contributed by atoms with Gasteiger partial charge >= 0.3 is 0 Å². The number of rotatable bonds is 9. The summed E-state index contributed by atoms with van der Waals surface area (Å²) < 4.78 is 48.3. The number of ether oxygens (including phenoxy) is 1. The maximum Gasteiger partial charge on any atom is 0.144 e. The Morgan fingerprint density at radius 3 is 2.34 bits per heavy atom. The molecule has 0 aliphatic heterocycles. The van der Waals surface area contributed by atoms with Gasteiger partial charge in [-0.15, -0.1) is 0 Å². The van der Waals surface area contributed by atoms with Crippen LogP contribution in [0.25, 0.3) is 10.8 Å². The lowest BCUT2D eigenvalue weighted by molar-refractivity contribution is 0.361. The van der Waals surface area contributed by atoms with Crippen molar-refractivity contribution in [3.05, 3.63) is 119 Å². The summed E-state index contributed by atoms with van der Waals surface area (Å²) >= 11 is 0. The Morgan fingerprint density at radius 1 is 0.886 bits per heavy atom. The number of fused-ring (bicyclic) bond motifs is 1. The molecule has 0 atom stereocenters. The van der Waals surface area contributed by atoms with Crippen molar-refractivity contribution < 1.29 is 17.9 Å². The van der Waals surface area contributed by atoms with Crippen molar-refractivity contribution in [2.75, 3.05) is 6.61 Å². The van der Waals surface area contributed by atoms with E-state index < -0.39 is 17.2 Å². The van der Waals surface area contributed by atoms with Crippen molar-refractivity contribution in [2.45, 2.75) is 25.7 Å². The molecule has 0 radical (unpaired) electrons. The summed E-state index contributed by atoms with van der Waals surface area (Å²) in [7, 11) is 0. The zero-order chi connectivity index (χ0) is 24.8. The van der Waals surface area contributed by atoms with E-state index in [-0.39, 0.29) is 18.7 Å². The maximum absolute atomic E-state index is 15.1. The zero-order valence-corrected chi connectivity index (χ0v) is 19.0. The second kappa shape index (κ2) is 10.9. The number of nitriles is 1. The molecule has 0 amide bonds. The van der Waals surface area contributed by atoms with Gasteiger partial charge in [0.1, 0.15) is 41.4 Å². The standard InChI is InChI=1S/C29H23F3N2O/c1-2-13-35-24-11-10-23(34-18-24)9-4-19-5-12-25-22(14-19)8-7-21(29(25)32)6-3-20-15-27(30)26(17-33)28(31)16-20/h2,5,7-8,10-12,14-16,18H,1,3-4,6,9,13H2. The molecule has 1 aromatic heterocycles. The normalized spacial score (nSPS) is 10.8. The molecule has 1 heterocycles. The van der Waals surface area contributed by atoms with E-state index in [0.29, 0.717) is 28.9 Å².